The van der Waals surface area contributed by atoms with Crippen LogP contribution >= 0.6 is 0 Å². The number of rotatable bonds is 0. The Morgan fingerprint density at radius 3 is 1.15 bits per heavy atom. The Kier molecular flexibility index (Phi) is 3.67. The molecule has 4 rings (SSSR count). The maximum Gasteiger partial charge on any atom is -0.0120 e. The first kappa shape index (κ1) is 17.1. The highest BCUT2D eigenvalue weighted by Crippen LogP contribution is 2.43. The van der Waals surface area contributed by atoms with Crippen molar-refractivity contribution >= 4 is 32.3 Å². The summed E-state index contributed by atoms with van der Waals surface area (Å²) >= 11 is 0. The standard InChI is InChI=1S/C26H28/c1-25(2,3)23-19-13-9-7-11-17(19)16-22-21(23)15-18-12-8-10-14-20(18)24(22)26(4,5)6/h7-16H,1-6H3. The van der Waals surface area contributed by atoms with Gasteiger partial charge in [0.2, 0.25) is 0 Å². The van der Waals surface area contributed by atoms with Gasteiger partial charge in [0, 0.05) is 0 Å². The molecule has 0 spiro atoms. The van der Waals surface area contributed by atoms with Crippen LogP contribution < -0.4 is 0 Å². The van der Waals surface area contributed by atoms with Crippen LogP contribution in [0.25, 0.3) is 32.3 Å². The predicted octanol–water partition coefficient (Wildman–Crippen LogP) is 7.74. The van der Waals surface area contributed by atoms with Crippen molar-refractivity contribution in [3.8, 4) is 0 Å². The molecule has 0 aliphatic rings. The number of hydrogen-bond donors (Lipinski definition) is 0. The van der Waals surface area contributed by atoms with Crippen LogP contribution in [-0.4, -0.2) is 0 Å². The van der Waals surface area contributed by atoms with Gasteiger partial charge >= 0.3 is 0 Å². The second-order valence-corrected chi connectivity index (χ2v) is 9.54. The van der Waals surface area contributed by atoms with Crippen molar-refractivity contribution < 1.29 is 0 Å². The Labute approximate surface area is 156 Å². The van der Waals surface area contributed by atoms with E-state index in [0.29, 0.717) is 0 Å². The molecule has 0 aliphatic heterocycles. The van der Waals surface area contributed by atoms with Crippen LogP contribution in [0.3, 0.4) is 0 Å². The lowest BCUT2D eigenvalue weighted by Gasteiger charge is -2.29. The molecule has 0 amide bonds. The molecule has 0 aromatic heterocycles. The SMILES string of the molecule is CC(C)(C)c1c2ccccc2cc2c(C(C)(C)C)c3ccccc3cc12. The Morgan fingerprint density at radius 1 is 0.462 bits per heavy atom. The molecule has 0 saturated heterocycles. The molecule has 0 aliphatic carbocycles. The summed E-state index contributed by atoms with van der Waals surface area (Å²) in [6.45, 7) is 14.0. The van der Waals surface area contributed by atoms with Gasteiger partial charge in [0.05, 0.1) is 0 Å². The highest BCUT2D eigenvalue weighted by molar-refractivity contribution is 6.11. The maximum absolute atomic E-state index is 2.41. The van der Waals surface area contributed by atoms with Crippen molar-refractivity contribution in [3.63, 3.8) is 0 Å². The van der Waals surface area contributed by atoms with Crippen LogP contribution in [0.5, 0.6) is 0 Å². The normalized spacial score (nSPS) is 13.0. The second kappa shape index (κ2) is 5.58. The molecule has 0 atom stereocenters. The average molecular weight is 341 g/mol. The molecular weight excluding hydrogens is 312 g/mol. The molecule has 0 unspecified atom stereocenters. The highest BCUT2D eigenvalue weighted by Gasteiger charge is 2.25. The van der Waals surface area contributed by atoms with Crippen LogP contribution in [0.2, 0.25) is 0 Å². The molecule has 4 aromatic rings. The van der Waals surface area contributed by atoms with Gasteiger partial charge in [0.25, 0.3) is 0 Å². The minimum Gasteiger partial charge on any atom is -0.0616 e. The van der Waals surface area contributed by atoms with Crippen molar-refractivity contribution in [3.05, 3.63) is 71.8 Å². The van der Waals surface area contributed by atoms with E-state index in [1.54, 1.807) is 0 Å². The average Bonchev–Trinajstić information content (AvgIpc) is 2.55. The van der Waals surface area contributed by atoms with Crippen molar-refractivity contribution in [2.24, 2.45) is 0 Å². The van der Waals surface area contributed by atoms with Gasteiger partial charge in [-0.2, -0.15) is 0 Å². The van der Waals surface area contributed by atoms with Crippen molar-refractivity contribution in [1.29, 1.82) is 0 Å². The Bertz CT molecular complexity index is 1040. The fraction of sp³-hybridized carbons (Fsp3) is 0.308. The molecular formula is C26H28. The lowest BCUT2D eigenvalue weighted by atomic mass is 9.75. The van der Waals surface area contributed by atoms with E-state index < -0.39 is 0 Å². The van der Waals surface area contributed by atoms with Crippen molar-refractivity contribution in [1.82, 2.24) is 0 Å². The summed E-state index contributed by atoms with van der Waals surface area (Å²) in [5.74, 6) is 0. The summed E-state index contributed by atoms with van der Waals surface area (Å²) in [5.41, 5.74) is 3.08. The summed E-state index contributed by atoms with van der Waals surface area (Å²) < 4.78 is 0. The van der Waals surface area contributed by atoms with E-state index >= 15 is 0 Å². The number of benzene rings is 4. The van der Waals surface area contributed by atoms with Gasteiger partial charge in [-0.25, -0.2) is 0 Å². The van der Waals surface area contributed by atoms with E-state index in [9.17, 15) is 0 Å². The minimum atomic E-state index is 0.0801. The van der Waals surface area contributed by atoms with Crippen molar-refractivity contribution in [2.75, 3.05) is 0 Å². The summed E-state index contributed by atoms with van der Waals surface area (Å²) in [6.07, 6.45) is 0. The molecule has 132 valence electrons. The van der Waals surface area contributed by atoms with Crippen LogP contribution in [0.1, 0.15) is 52.7 Å². The van der Waals surface area contributed by atoms with Gasteiger partial charge in [0.1, 0.15) is 0 Å². The molecule has 0 saturated carbocycles. The van der Waals surface area contributed by atoms with E-state index in [4.69, 9.17) is 0 Å². The fourth-order valence-electron chi connectivity index (χ4n) is 4.49. The summed E-state index contributed by atoms with van der Waals surface area (Å²) in [7, 11) is 0. The van der Waals surface area contributed by atoms with Crippen LogP contribution in [0.15, 0.2) is 60.7 Å². The Hall–Kier alpha value is -2.34. The lowest BCUT2D eigenvalue weighted by molar-refractivity contribution is 0.596. The van der Waals surface area contributed by atoms with E-state index in [2.05, 4.69) is 102 Å². The molecule has 0 nitrogen and oxygen atoms in total. The van der Waals surface area contributed by atoms with Crippen LogP contribution in [0.4, 0.5) is 0 Å². The monoisotopic (exact) mass is 340 g/mol. The molecule has 26 heavy (non-hydrogen) atoms. The van der Waals surface area contributed by atoms with Gasteiger partial charge in [-0.15, -0.1) is 0 Å². The zero-order valence-electron chi connectivity index (χ0n) is 16.8. The second-order valence-electron chi connectivity index (χ2n) is 9.54. The third kappa shape index (κ3) is 2.60. The smallest absolute Gasteiger partial charge is 0.0120 e. The fourth-order valence-corrected chi connectivity index (χ4v) is 4.49. The molecule has 4 aromatic carbocycles. The topological polar surface area (TPSA) is 0 Å². The van der Waals surface area contributed by atoms with Gasteiger partial charge in [0.15, 0.2) is 0 Å². The third-order valence-corrected chi connectivity index (χ3v) is 5.39. The van der Waals surface area contributed by atoms with E-state index in [1.807, 2.05) is 0 Å². The minimum absolute atomic E-state index is 0.0801. The molecule has 0 fully saturated rings. The summed E-state index contributed by atoms with van der Waals surface area (Å²) in [6, 6.07) is 22.5. The first-order chi connectivity index (χ1) is 12.2. The number of fused-ring (bicyclic) bond motifs is 3. The Balaban J connectivity index is 2.36. The predicted molar refractivity (Wildman–Crippen MR) is 116 cm³/mol. The lowest BCUT2D eigenvalue weighted by Crippen LogP contribution is -2.16. The highest BCUT2D eigenvalue weighted by atomic mass is 14.3. The third-order valence-electron chi connectivity index (χ3n) is 5.39. The van der Waals surface area contributed by atoms with Gasteiger partial charge in [-0.1, -0.05) is 90.1 Å². The zero-order chi connectivity index (χ0) is 18.7. The molecule has 0 heterocycles. The Morgan fingerprint density at radius 2 is 0.808 bits per heavy atom. The summed E-state index contributed by atoms with van der Waals surface area (Å²) in [5, 5.41) is 8.24. The van der Waals surface area contributed by atoms with Gasteiger partial charge in [-0.3, -0.25) is 0 Å². The van der Waals surface area contributed by atoms with E-state index in [-0.39, 0.29) is 10.8 Å². The quantitative estimate of drug-likeness (QED) is 0.287. The molecule has 0 radical (unpaired) electrons. The number of hydrogen-bond acceptors (Lipinski definition) is 0. The molecule has 0 N–H and O–H groups in total. The summed E-state index contributed by atoms with van der Waals surface area (Å²) in [4.78, 5) is 0. The largest absolute Gasteiger partial charge is 0.0616 e. The molecule has 0 heteroatoms. The van der Waals surface area contributed by atoms with Crippen molar-refractivity contribution in [2.45, 2.75) is 52.4 Å². The first-order valence-corrected chi connectivity index (χ1v) is 9.56. The maximum atomic E-state index is 2.41. The zero-order valence-corrected chi connectivity index (χ0v) is 16.8. The van der Waals surface area contributed by atoms with Gasteiger partial charge in [-0.05, 0) is 66.4 Å². The van der Waals surface area contributed by atoms with Gasteiger partial charge < -0.3 is 0 Å². The van der Waals surface area contributed by atoms with E-state index in [0.717, 1.165) is 0 Å². The van der Waals surface area contributed by atoms with Crippen LogP contribution in [0, 0.1) is 0 Å². The molecule has 0 bridgehead atoms. The van der Waals surface area contributed by atoms with Crippen LogP contribution in [-0.2, 0) is 10.8 Å². The van der Waals surface area contributed by atoms with E-state index in [1.165, 1.54) is 43.4 Å². The first-order valence-electron chi connectivity index (χ1n) is 9.56.